The molecule has 1 fully saturated rings. The Morgan fingerprint density at radius 1 is 1.00 bits per heavy atom. The van der Waals surface area contributed by atoms with E-state index >= 15 is 0 Å². The quantitative estimate of drug-likeness (QED) is 0.706. The Bertz CT molecular complexity index is 1020. The summed E-state index contributed by atoms with van der Waals surface area (Å²) in [6.45, 7) is 2.02. The number of nitrogens with one attached hydrogen (secondary N) is 1. The molecule has 154 valence electrons. The van der Waals surface area contributed by atoms with E-state index in [9.17, 15) is 4.79 Å². The highest BCUT2D eigenvalue weighted by atomic mass is 16.5. The van der Waals surface area contributed by atoms with Crippen LogP contribution in [0, 0.1) is 0 Å². The van der Waals surface area contributed by atoms with Crippen LogP contribution in [0.2, 0.25) is 0 Å². The Kier molecular flexibility index (Phi) is 5.95. The number of hydrogen-bond acceptors (Lipinski definition) is 5. The number of piperazine rings is 1. The van der Waals surface area contributed by atoms with E-state index in [-0.39, 0.29) is 11.9 Å². The zero-order valence-electron chi connectivity index (χ0n) is 17.2. The topological polar surface area (TPSA) is 63.7 Å². The summed E-state index contributed by atoms with van der Waals surface area (Å²) in [7, 11) is 3.20. The highest BCUT2D eigenvalue weighted by molar-refractivity contribution is 5.93. The number of nitrogens with zero attached hydrogens (tertiary/aromatic N) is 2. The number of ether oxygens (including phenoxy) is 2. The summed E-state index contributed by atoms with van der Waals surface area (Å²) >= 11 is 0. The molecule has 0 saturated carbocycles. The minimum absolute atomic E-state index is 0.0558. The third-order valence-electron chi connectivity index (χ3n) is 5.31. The maximum Gasteiger partial charge on any atom is 0.272 e. The van der Waals surface area contributed by atoms with Crippen LogP contribution in [0.4, 0.5) is 0 Å². The van der Waals surface area contributed by atoms with Crippen molar-refractivity contribution in [2.45, 2.75) is 6.04 Å². The van der Waals surface area contributed by atoms with Crippen molar-refractivity contribution in [3.8, 4) is 22.8 Å². The monoisotopic (exact) mass is 403 g/mol. The molecule has 3 aromatic rings. The van der Waals surface area contributed by atoms with E-state index < -0.39 is 0 Å². The van der Waals surface area contributed by atoms with Gasteiger partial charge in [0.1, 0.15) is 5.69 Å². The number of rotatable bonds is 5. The van der Waals surface area contributed by atoms with Gasteiger partial charge in [0, 0.05) is 31.2 Å². The maximum absolute atomic E-state index is 13.2. The number of pyridine rings is 1. The van der Waals surface area contributed by atoms with Crippen LogP contribution in [-0.2, 0) is 0 Å². The van der Waals surface area contributed by atoms with Crippen molar-refractivity contribution in [2.24, 2.45) is 0 Å². The predicted molar refractivity (Wildman–Crippen MR) is 116 cm³/mol. The van der Waals surface area contributed by atoms with Gasteiger partial charge in [-0.25, -0.2) is 4.98 Å². The number of amides is 1. The smallest absolute Gasteiger partial charge is 0.272 e. The lowest BCUT2D eigenvalue weighted by atomic mass is 10.0. The summed E-state index contributed by atoms with van der Waals surface area (Å²) in [6.07, 6.45) is 0. The van der Waals surface area contributed by atoms with E-state index in [1.54, 1.807) is 20.3 Å². The highest BCUT2D eigenvalue weighted by Crippen LogP contribution is 2.31. The molecule has 4 rings (SSSR count). The largest absolute Gasteiger partial charge is 0.493 e. The molecule has 0 aliphatic carbocycles. The van der Waals surface area contributed by atoms with Crippen molar-refractivity contribution in [2.75, 3.05) is 33.9 Å². The Morgan fingerprint density at radius 3 is 2.57 bits per heavy atom. The summed E-state index contributed by atoms with van der Waals surface area (Å²) in [5, 5.41) is 3.49. The second kappa shape index (κ2) is 8.97. The molecule has 1 saturated heterocycles. The average Bonchev–Trinajstić information content (AvgIpc) is 2.83. The van der Waals surface area contributed by atoms with Gasteiger partial charge in [-0.15, -0.1) is 0 Å². The fourth-order valence-corrected chi connectivity index (χ4v) is 3.72. The van der Waals surface area contributed by atoms with E-state index in [1.807, 2.05) is 53.4 Å². The van der Waals surface area contributed by atoms with Crippen molar-refractivity contribution < 1.29 is 14.3 Å². The Hall–Kier alpha value is -3.38. The van der Waals surface area contributed by atoms with Gasteiger partial charge in [-0.3, -0.25) is 4.79 Å². The zero-order chi connectivity index (χ0) is 20.9. The first-order valence-electron chi connectivity index (χ1n) is 9.96. The summed E-state index contributed by atoms with van der Waals surface area (Å²) in [5.41, 5.74) is 3.21. The molecular weight excluding hydrogens is 378 g/mol. The van der Waals surface area contributed by atoms with Gasteiger partial charge in [0.15, 0.2) is 11.5 Å². The van der Waals surface area contributed by atoms with Crippen LogP contribution in [0.25, 0.3) is 11.3 Å². The molecule has 6 nitrogen and oxygen atoms in total. The summed E-state index contributed by atoms with van der Waals surface area (Å²) in [5.74, 6) is 1.22. The SMILES string of the molecule is COc1ccc(-c2cccc(C(=O)N3CCNC(c4ccccc4)C3)n2)cc1OC. The van der Waals surface area contributed by atoms with Crippen molar-refractivity contribution in [1.82, 2.24) is 15.2 Å². The fraction of sp³-hybridized carbons (Fsp3) is 0.250. The average molecular weight is 403 g/mol. The van der Waals surface area contributed by atoms with Crippen LogP contribution < -0.4 is 14.8 Å². The van der Waals surface area contributed by atoms with E-state index in [1.165, 1.54) is 5.56 Å². The van der Waals surface area contributed by atoms with Gasteiger partial charge >= 0.3 is 0 Å². The Balaban J connectivity index is 1.55. The van der Waals surface area contributed by atoms with Crippen LogP contribution >= 0.6 is 0 Å². The number of methoxy groups -OCH3 is 2. The highest BCUT2D eigenvalue weighted by Gasteiger charge is 2.26. The maximum atomic E-state index is 13.2. The van der Waals surface area contributed by atoms with Crippen molar-refractivity contribution in [1.29, 1.82) is 0 Å². The molecule has 1 amide bonds. The number of benzene rings is 2. The lowest BCUT2D eigenvalue weighted by molar-refractivity contribution is 0.0697. The Morgan fingerprint density at radius 2 is 1.80 bits per heavy atom. The standard InChI is InChI=1S/C24H25N3O3/c1-29-22-12-11-18(15-23(22)30-2)19-9-6-10-20(26-19)24(28)27-14-13-25-21(16-27)17-7-4-3-5-8-17/h3-12,15,21,25H,13-14,16H2,1-2H3. The predicted octanol–water partition coefficient (Wildman–Crippen LogP) is 3.55. The number of carbonyl (C=O) groups excluding carboxylic acids is 1. The van der Waals surface area contributed by atoms with Crippen molar-refractivity contribution >= 4 is 5.91 Å². The minimum atomic E-state index is -0.0558. The normalized spacial score (nSPS) is 16.2. The Labute approximate surface area is 176 Å². The molecule has 1 aliphatic heterocycles. The van der Waals surface area contributed by atoms with Gasteiger partial charge < -0.3 is 19.7 Å². The van der Waals surface area contributed by atoms with Gasteiger partial charge in [-0.1, -0.05) is 36.4 Å². The first kappa shape index (κ1) is 19.9. The van der Waals surface area contributed by atoms with Crippen molar-refractivity contribution in [3.05, 3.63) is 78.0 Å². The molecular formula is C24H25N3O3. The van der Waals surface area contributed by atoms with Crippen LogP contribution in [0.5, 0.6) is 11.5 Å². The summed E-state index contributed by atoms with van der Waals surface area (Å²) in [4.78, 5) is 19.7. The molecule has 30 heavy (non-hydrogen) atoms. The van der Waals surface area contributed by atoms with E-state index in [0.717, 1.165) is 17.8 Å². The third-order valence-corrected chi connectivity index (χ3v) is 5.31. The van der Waals surface area contributed by atoms with Crippen LogP contribution in [0.1, 0.15) is 22.1 Å². The van der Waals surface area contributed by atoms with Crippen LogP contribution in [0.15, 0.2) is 66.7 Å². The molecule has 1 aromatic heterocycles. The molecule has 1 unspecified atom stereocenters. The number of carbonyl (C=O) groups is 1. The van der Waals surface area contributed by atoms with Gasteiger partial charge in [0.05, 0.1) is 19.9 Å². The van der Waals surface area contributed by atoms with Gasteiger partial charge in [-0.2, -0.15) is 0 Å². The zero-order valence-corrected chi connectivity index (χ0v) is 17.2. The molecule has 2 aromatic carbocycles. The second-order valence-electron chi connectivity index (χ2n) is 7.15. The lowest BCUT2D eigenvalue weighted by Crippen LogP contribution is -2.48. The second-order valence-corrected chi connectivity index (χ2v) is 7.15. The molecule has 0 radical (unpaired) electrons. The van der Waals surface area contributed by atoms with E-state index in [0.29, 0.717) is 30.3 Å². The molecule has 6 heteroatoms. The number of aromatic nitrogens is 1. The summed E-state index contributed by atoms with van der Waals surface area (Å²) < 4.78 is 10.7. The van der Waals surface area contributed by atoms with Crippen LogP contribution in [-0.4, -0.2) is 49.6 Å². The van der Waals surface area contributed by atoms with Crippen molar-refractivity contribution in [3.63, 3.8) is 0 Å². The molecule has 0 bridgehead atoms. The van der Waals surface area contributed by atoms with Crippen LogP contribution in [0.3, 0.4) is 0 Å². The minimum Gasteiger partial charge on any atom is -0.493 e. The fourth-order valence-electron chi connectivity index (χ4n) is 3.72. The number of hydrogen-bond donors (Lipinski definition) is 1. The van der Waals surface area contributed by atoms with Gasteiger partial charge in [0.2, 0.25) is 0 Å². The van der Waals surface area contributed by atoms with E-state index in [2.05, 4.69) is 22.4 Å². The molecule has 1 N–H and O–H groups in total. The molecule has 0 spiro atoms. The summed E-state index contributed by atoms with van der Waals surface area (Å²) in [6, 6.07) is 21.5. The van der Waals surface area contributed by atoms with E-state index in [4.69, 9.17) is 9.47 Å². The first-order valence-corrected chi connectivity index (χ1v) is 9.96. The third kappa shape index (κ3) is 4.14. The van der Waals surface area contributed by atoms with Gasteiger partial charge in [-0.05, 0) is 35.9 Å². The van der Waals surface area contributed by atoms with Gasteiger partial charge in [0.25, 0.3) is 5.91 Å². The lowest BCUT2D eigenvalue weighted by Gasteiger charge is -2.33. The first-order chi connectivity index (χ1) is 14.7. The molecule has 2 heterocycles. The molecule has 1 atom stereocenters. The molecule has 1 aliphatic rings.